The topological polar surface area (TPSA) is 111 Å². The molecule has 0 radical (unpaired) electrons. The largest absolute Gasteiger partial charge is 0.741 e. The van der Waals surface area contributed by atoms with E-state index in [1.807, 2.05) is 0 Å². The van der Waals surface area contributed by atoms with E-state index in [2.05, 4.69) is 4.18 Å². The van der Waals surface area contributed by atoms with Crippen molar-refractivity contribution in [1.29, 1.82) is 0 Å². The number of aromatic nitrogens is 1. The van der Waals surface area contributed by atoms with Gasteiger partial charge in [-0.25, -0.2) is 8.42 Å². The number of hydrogen-bond acceptors (Lipinski definition) is 8. The van der Waals surface area contributed by atoms with Crippen molar-refractivity contribution in [3.63, 3.8) is 0 Å². The van der Waals surface area contributed by atoms with Crippen LogP contribution >= 0.6 is 0 Å². The van der Waals surface area contributed by atoms with Gasteiger partial charge in [-0.1, -0.05) is 6.07 Å². The van der Waals surface area contributed by atoms with Crippen LogP contribution in [0, 0.1) is 0 Å². The second-order valence-electron chi connectivity index (χ2n) is 6.30. The van der Waals surface area contributed by atoms with Gasteiger partial charge >= 0.3 is 26.9 Å². The minimum atomic E-state index is -6.09. The third kappa shape index (κ3) is 5.58. The van der Waals surface area contributed by atoms with Gasteiger partial charge in [-0.05, 0) is 0 Å². The summed E-state index contributed by atoms with van der Waals surface area (Å²) in [5, 5.41) is 0. The third-order valence-corrected chi connectivity index (χ3v) is 5.17. The molecule has 0 unspecified atom stereocenters. The fraction of sp³-hybridized carbons (Fsp3) is 0.500. The normalized spacial score (nSPS) is 16.4. The summed E-state index contributed by atoms with van der Waals surface area (Å²) >= 11 is 0. The summed E-state index contributed by atoms with van der Waals surface area (Å²) in [6.45, 7) is 0. The van der Waals surface area contributed by atoms with E-state index in [0.29, 0.717) is 11.4 Å². The van der Waals surface area contributed by atoms with Gasteiger partial charge in [-0.3, -0.25) is 0 Å². The molecule has 0 atom stereocenters. The van der Waals surface area contributed by atoms with E-state index >= 15 is 0 Å². The Kier molecular flexibility index (Phi) is 7.33. The third-order valence-electron chi connectivity index (χ3n) is 3.57. The number of halogens is 6. The number of hydrogen-bond donors (Lipinski definition) is 0. The maximum Gasteiger partial charge on any atom is 0.523 e. The zero-order valence-electron chi connectivity index (χ0n) is 16.3. The summed E-state index contributed by atoms with van der Waals surface area (Å²) in [4.78, 5) is 3.06. The fourth-order valence-electron chi connectivity index (χ4n) is 2.44. The Morgan fingerprint density at radius 1 is 0.839 bits per heavy atom. The first-order valence-corrected chi connectivity index (χ1v) is 10.6. The Hall–Kier alpha value is -2.11. The molecular formula is C14H17F6N3O6S2. The molecule has 0 aliphatic heterocycles. The Morgan fingerprint density at radius 2 is 1.19 bits per heavy atom. The predicted octanol–water partition coefficient (Wildman–Crippen LogP) is 0.893. The van der Waals surface area contributed by atoms with Gasteiger partial charge in [0.1, 0.15) is 0 Å². The molecule has 0 amide bonds. The Balaban J connectivity index is 0.000000512. The van der Waals surface area contributed by atoms with Crippen LogP contribution in [0.5, 0.6) is 0 Å². The molecule has 9 nitrogen and oxygen atoms in total. The highest BCUT2D eigenvalue weighted by molar-refractivity contribution is 7.87. The van der Waals surface area contributed by atoms with E-state index in [9.17, 15) is 34.8 Å². The molecule has 1 heterocycles. The number of pyridine rings is 1. The van der Waals surface area contributed by atoms with Gasteiger partial charge in [0.2, 0.25) is 0 Å². The number of rotatable bonds is 5. The maximum atomic E-state index is 12.8. The lowest BCUT2D eigenvalue weighted by Crippen LogP contribution is -2.55. The van der Waals surface area contributed by atoms with Crippen molar-refractivity contribution in [3.05, 3.63) is 42.0 Å². The van der Waals surface area contributed by atoms with Crippen LogP contribution in [0.1, 0.15) is 0 Å². The molecule has 0 saturated carbocycles. The van der Waals surface area contributed by atoms with E-state index in [1.165, 1.54) is 26.8 Å². The highest BCUT2D eigenvalue weighted by Crippen LogP contribution is 2.51. The molecule has 1 aromatic heterocycles. The number of alkyl halides is 6. The summed E-state index contributed by atoms with van der Waals surface area (Å²) in [6.07, 6.45) is 2.90. The zero-order valence-corrected chi connectivity index (χ0v) is 17.9. The van der Waals surface area contributed by atoms with E-state index < -0.39 is 37.0 Å². The van der Waals surface area contributed by atoms with Gasteiger partial charge in [0, 0.05) is 40.3 Å². The standard InChI is InChI=1S/C13H17F3N3O3S.CHF3O3S/c1-17(2)10-11(18(3)4)12(10,19-8-6-5-7-9-19)22-23(20,21)13(14,15)16;2-1(3,4)8(5,6)7/h5-9H,1-4H3;(H,5,6,7)/q+1;/p-1. The Morgan fingerprint density at radius 3 is 1.45 bits per heavy atom. The highest BCUT2D eigenvalue weighted by atomic mass is 32.2. The van der Waals surface area contributed by atoms with Crippen LogP contribution in [-0.4, -0.2) is 70.4 Å². The summed E-state index contributed by atoms with van der Waals surface area (Å²) in [7, 11) is -5.46. The molecule has 0 spiro atoms. The fourth-order valence-corrected chi connectivity index (χ4v) is 3.10. The lowest BCUT2D eigenvalue weighted by Gasteiger charge is -2.20. The number of nitrogens with zero attached hydrogens (tertiary/aromatic N) is 3. The summed E-state index contributed by atoms with van der Waals surface area (Å²) < 4.78 is 126. The van der Waals surface area contributed by atoms with Crippen LogP contribution in [0.2, 0.25) is 0 Å². The average Bonchev–Trinajstić information content (AvgIpc) is 3.23. The number of likely N-dealkylation sites (N-methyl/N-ethyl adjacent to an activating group) is 2. The quantitative estimate of drug-likeness (QED) is 0.192. The van der Waals surface area contributed by atoms with Crippen molar-refractivity contribution < 1.29 is 56.5 Å². The first-order chi connectivity index (χ1) is 13.7. The first kappa shape index (κ1) is 26.9. The molecule has 0 fully saturated rings. The molecule has 31 heavy (non-hydrogen) atoms. The molecule has 2 rings (SSSR count). The van der Waals surface area contributed by atoms with Crippen LogP contribution < -0.4 is 4.57 Å². The average molecular weight is 501 g/mol. The molecule has 1 aliphatic rings. The molecule has 0 bridgehead atoms. The second-order valence-corrected chi connectivity index (χ2v) is 9.20. The minimum absolute atomic E-state index is 0.325. The monoisotopic (exact) mass is 501 g/mol. The zero-order chi connectivity index (χ0) is 24.6. The van der Waals surface area contributed by atoms with Gasteiger partial charge in [0.15, 0.2) is 33.9 Å². The molecular weight excluding hydrogens is 484 g/mol. The molecule has 0 N–H and O–H groups in total. The van der Waals surface area contributed by atoms with E-state index in [-0.39, 0.29) is 0 Å². The van der Waals surface area contributed by atoms with Gasteiger partial charge in [0.25, 0.3) is 0 Å². The first-order valence-electron chi connectivity index (χ1n) is 7.81. The Bertz CT molecular complexity index is 1020. The van der Waals surface area contributed by atoms with Gasteiger partial charge in [-0.15, -0.1) is 0 Å². The van der Waals surface area contributed by atoms with Crippen molar-refractivity contribution in [2.24, 2.45) is 0 Å². The van der Waals surface area contributed by atoms with Crippen molar-refractivity contribution in [3.8, 4) is 0 Å². The minimum Gasteiger partial charge on any atom is -0.741 e. The molecule has 0 saturated heterocycles. The van der Waals surface area contributed by atoms with Gasteiger partial charge < -0.3 is 14.4 Å². The lowest BCUT2D eigenvalue weighted by atomic mass is 10.3. The summed E-state index contributed by atoms with van der Waals surface area (Å²) in [5.41, 5.74) is -12.3. The maximum absolute atomic E-state index is 12.8. The molecule has 1 aliphatic carbocycles. The van der Waals surface area contributed by atoms with E-state index in [0.717, 1.165) is 0 Å². The van der Waals surface area contributed by atoms with Crippen LogP contribution in [-0.2, 0) is 30.1 Å². The molecule has 178 valence electrons. The smallest absolute Gasteiger partial charge is 0.523 e. The molecule has 0 aromatic carbocycles. The van der Waals surface area contributed by atoms with Gasteiger partial charge in [-0.2, -0.15) is 43.5 Å². The highest BCUT2D eigenvalue weighted by Gasteiger charge is 2.72. The predicted molar refractivity (Wildman–Crippen MR) is 90.8 cm³/mol. The van der Waals surface area contributed by atoms with Gasteiger partial charge in [0.05, 0.1) is 0 Å². The van der Waals surface area contributed by atoms with Crippen molar-refractivity contribution >= 4 is 20.2 Å². The van der Waals surface area contributed by atoms with Crippen LogP contribution in [0.3, 0.4) is 0 Å². The van der Waals surface area contributed by atoms with Crippen LogP contribution in [0.15, 0.2) is 42.0 Å². The summed E-state index contributed by atoms with van der Waals surface area (Å²) in [5.74, 6) is 0. The SMILES string of the molecule is CN(C)C1=C(N(C)C)C1(OS(=O)(=O)C(F)(F)F)[n+]1ccccc1.O=S(=O)([O-])C(F)(F)F. The Labute approximate surface area is 174 Å². The van der Waals surface area contributed by atoms with Crippen molar-refractivity contribution in [2.75, 3.05) is 28.2 Å². The van der Waals surface area contributed by atoms with E-state index in [1.54, 1.807) is 46.4 Å². The van der Waals surface area contributed by atoms with Crippen molar-refractivity contribution in [2.45, 2.75) is 16.7 Å². The second kappa shape index (κ2) is 8.44. The van der Waals surface area contributed by atoms with Crippen molar-refractivity contribution in [1.82, 2.24) is 9.80 Å². The molecule has 17 heteroatoms. The molecule has 1 aromatic rings. The van der Waals surface area contributed by atoms with Crippen LogP contribution in [0.25, 0.3) is 0 Å². The van der Waals surface area contributed by atoms with Crippen LogP contribution in [0.4, 0.5) is 26.3 Å². The summed E-state index contributed by atoms with van der Waals surface area (Å²) in [6, 6.07) is 4.81. The lowest BCUT2D eigenvalue weighted by molar-refractivity contribution is -0.769. The van der Waals surface area contributed by atoms with E-state index in [4.69, 9.17) is 13.0 Å².